The first kappa shape index (κ1) is 18.1. The molecule has 0 fully saturated rings. The van der Waals surface area contributed by atoms with E-state index < -0.39 is 11.7 Å². The van der Waals surface area contributed by atoms with E-state index in [1.54, 1.807) is 6.07 Å². The second kappa shape index (κ2) is 7.03. The Morgan fingerprint density at radius 3 is 2.57 bits per heavy atom. The van der Waals surface area contributed by atoms with Crippen LogP contribution in [0, 0.1) is 0 Å². The van der Waals surface area contributed by atoms with Gasteiger partial charge in [0.25, 0.3) is 0 Å². The van der Waals surface area contributed by atoms with Gasteiger partial charge in [-0.15, -0.1) is 0 Å². The van der Waals surface area contributed by atoms with Crippen LogP contribution in [-0.2, 0) is 12.6 Å². The Morgan fingerprint density at radius 2 is 1.86 bits per heavy atom. The van der Waals surface area contributed by atoms with Crippen LogP contribution in [0.5, 0.6) is 0 Å². The maximum absolute atomic E-state index is 13.0. The van der Waals surface area contributed by atoms with E-state index in [0.717, 1.165) is 29.8 Å². The summed E-state index contributed by atoms with van der Waals surface area (Å²) < 4.78 is 38.9. The molecule has 0 bridgehead atoms. The Morgan fingerprint density at radius 1 is 1.07 bits per heavy atom. The molecule has 1 atom stereocenters. The molecule has 4 rings (SSSR count). The number of fused-ring (bicyclic) bond motifs is 1. The predicted molar refractivity (Wildman–Crippen MR) is 102 cm³/mol. The number of hydrazone groups is 1. The number of aromatic nitrogens is 2. The van der Waals surface area contributed by atoms with Gasteiger partial charge in [-0.25, -0.2) is 0 Å². The summed E-state index contributed by atoms with van der Waals surface area (Å²) in [6.07, 6.45) is -3.06. The molecule has 0 radical (unpaired) electrons. The number of alkyl halides is 3. The smallest absolute Gasteiger partial charge is 0.338 e. The molecule has 1 aliphatic rings. The Hall–Kier alpha value is -3.29. The molecule has 0 spiro atoms. The fraction of sp³-hybridized carbons (Fsp3) is 0.200. The molecular formula is C20H18F3N5. The van der Waals surface area contributed by atoms with Gasteiger partial charge in [0.1, 0.15) is 0 Å². The SMILES string of the molecule is NN=C1CC(c2ccccc2)Cc2[nH]nc(Nc3cccc(C(F)(F)F)c3)c21. The molecule has 5 nitrogen and oxygen atoms in total. The topological polar surface area (TPSA) is 79.1 Å². The summed E-state index contributed by atoms with van der Waals surface area (Å²) in [4.78, 5) is 0. The lowest BCUT2D eigenvalue weighted by Gasteiger charge is -2.23. The Labute approximate surface area is 159 Å². The monoisotopic (exact) mass is 385 g/mol. The Balaban J connectivity index is 1.64. The van der Waals surface area contributed by atoms with Crippen LogP contribution < -0.4 is 11.2 Å². The summed E-state index contributed by atoms with van der Waals surface area (Å²) in [6, 6.07) is 15.0. The third kappa shape index (κ3) is 3.45. The van der Waals surface area contributed by atoms with Crippen LogP contribution in [0.2, 0.25) is 0 Å². The molecule has 2 aromatic carbocycles. The first-order valence-corrected chi connectivity index (χ1v) is 8.79. The number of nitrogens with zero attached hydrogens (tertiary/aromatic N) is 2. The van der Waals surface area contributed by atoms with E-state index in [9.17, 15) is 13.2 Å². The molecule has 0 saturated carbocycles. The molecule has 28 heavy (non-hydrogen) atoms. The lowest BCUT2D eigenvalue weighted by atomic mass is 9.82. The zero-order valence-corrected chi connectivity index (χ0v) is 14.8. The lowest BCUT2D eigenvalue weighted by Crippen LogP contribution is -2.20. The van der Waals surface area contributed by atoms with Gasteiger partial charge in [0.05, 0.1) is 16.8 Å². The lowest BCUT2D eigenvalue weighted by molar-refractivity contribution is -0.137. The molecule has 0 saturated heterocycles. The Kier molecular flexibility index (Phi) is 4.54. The minimum Gasteiger partial charge on any atom is -0.338 e. The number of anilines is 2. The second-order valence-electron chi connectivity index (χ2n) is 6.72. The molecule has 1 aromatic heterocycles. The van der Waals surface area contributed by atoms with Gasteiger partial charge in [0, 0.05) is 11.4 Å². The maximum Gasteiger partial charge on any atom is 0.416 e. The van der Waals surface area contributed by atoms with Crippen molar-refractivity contribution in [3.05, 3.63) is 77.0 Å². The molecular weight excluding hydrogens is 367 g/mol. The molecule has 4 N–H and O–H groups in total. The van der Waals surface area contributed by atoms with Gasteiger partial charge in [0.2, 0.25) is 0 Å². The zero-order valence-electron chi connectivity index (χ0n) is 14.8. The summed E-state index contributed by atoms with van der Waals surface area (Å²) in [6.45, 7) is 0. The molecule has 1 unspecified atom stereocenters. The molecule has 3 aromatic rings. The summed E-state index contributed by atoms with van der Waals surface area (Å²) in [5.41, 5.74) is 3.00. The number of rotatable bonds is 3. The van der Waals surface area contributed by atoms with Crippen LogP contribution in [0.15, 0.2) is 59.7 Å². The minimum absolute atomic E-state index is 0.206. The van der Waals surface area contributed by atoms with E-state index in [-0.39, 0.29) is 5.92 Å². The van der Waals surface area contributed by atoms with Gasteiger partial charge in [-0.3, -0.25) is 5.10 Å². The molecule has 0 aliphatic heterocycles. The largest absolute Gasteiger partial charge is 0.416 e. The minimum atomic E-state index is -4.41. The van der Waals surface area contributed by atoms with Crippen LogP contribution in [0.3, 0.4) is 0 Å². The fourth-order valence-electron chi connectivity index (χ4n) is 3.57. The predicted octanol–water partition coefficient (Wildman–Crippen LogP) is 4.56. The van der Waals surface area contributed by atoms with Crippen molar-refractivity contribution in [1.29, 1.82) is 0 Å². The number of H-pyrrole nitrogens is 1. The van der Waals surface area contributed by atoms with Crippen molar-refractivity contribution in [1.82, 2.24) is 10.2 Å². The molecule has 0 amide bonds. The van der Waals surface area contributed by atoms with Gasteiger partial charge >= 0.3 is 6.18 Å². The fourth-order valence-corrected chi connectivity index (χ4v) is 3.57. The van der Waals surface area contributed by atoms with Crippen molar-refractivity contribution < 1.29 is 13.2 Å². The summed E-state index contributed by atoms with van der Waals surface area (Å²) in [5.74, 6) is 6.26. The average molecular weight is 385 g/mol. The highest BCUT2D eigenvalue weighted by molar-refractivity contribution is 6.07. The normalized spacial score (nSPS) is 18.1. The van der Waals surface area contributed by atoms with Crippen LogP contribution in [0.25, 0.3) is 0 Å². The number of hydrogen-bond acceptors (Lipinski definition) is 4. The standard InChI is InChI=1S/C20H18F3N5/c21-20(22,23)14-7-4-8-15(11-14)25-19-18-16(26-24)9-13(10-17(18)27-28-19)12-5-2-1-3-6-12/h1-8,11,13H,9-10,24H2,(H2,25,27,28). The van der Waals surface area contributed by atoms with E-state index in [1.165, 1.54) is 11.6 Å². The van der Waals surface area contributed by atoms with Gasteiger partial charge in [0.15, 0.2) is 5.82 Å². The third-order valence-corrected chi connectivity index (χ3v) is 4.90. The summed E-state index contributed by atoms with van der Waals surface area (Å²) in [5, 5.41) is 14.1. The molecule has 8 heteroatoms. The quantitative estimate of drug-likeness (QED) is 0.457. The van der Waals surface area contributed by atoms with Crippen molar-refractivity contribution in [2.75, 3.05) is 5.32 Å². The van der Waals surface area contributed by atoms with Crippen molar-refractivity contribution in [2.45, 2.75) is 24.9 Å². The van der Waals surface area contributed by atoms with Crippen LogP contribution in [0.4, 0.5) is 24.7 Å². The summed E-state index contributed by atoms with van der Waals surface area (Å²) >= 11 is 0. The number of aromatic amines is 1. The van der Waals surface area contributed by atoms with E-state index in [0.29, 0.717) is 23.6 Å². The summed E-state index contributed by atoms with van der Waals surface area (Å²) in [7, 11) is 0. The first-order valence-electron chi connectivity index (χ1n) is 8.79. The molecule has 144 valence electrons. The van der Waals surface area contributed by atoms with E-state index in [1.807, 2.05) is 18.2 Å². The number of halogens is 3. The number of hydrogen-bond donors (Lipinski definition) is 3. The third-order valence-electron chi connectivity index (χ3n) is 4.90. The highest BCUT2D eigenvalue weighted by Gasteiger charge is 2.32. The van der Waals surface area contributed by atoms with E-state index in [4.69, 9.17) is 5.84 Å². The van der Waals surface area contributed by atoms with E-state index >= 15 is 0 Å². The van der Waals surface area contributed by atoms with Crippen molar-refractivity contribution in [3.8, 4) is 0 Å². The van der Waals surface area contributed by atoms with Crippen molar-refractivity contribution >= 4 is 17.2 Å². The number of nitrogens with two attached hydrogens (primary N) is 1. The average Bonchev–Trinajstić information content (AvgIpc) is 3.10. The van der Waals surface area contributed by atoms with Gasteiger partial charge < -0.3 is 11.2 Å². The number of benzene rings is 2. The van der Waals surface area contributed by atoms with Crippen molar-refractivity contribution in [3.63, 3.8) is 0 Å². The van der Waals surface area contributed by atoms with Crippen LogP contribution in [-0.4, -0.2) is 15.9 Å². The number of nitrogens with one attached hydrogen (secondary N) is 2. The van der Waals surface area contributed by atoms with Crippen molar-refractivity contribution in [2.24, 2.45) is 10.9 Å². The second-order valence-corrected chi connectivity index (χ2v) is 6.72. The highest BCUT2D eigenvalue weighted by Crippen LogP contribution is 2.36. The Bertz CT molecular complexity index is 1010. The van der Waals surface area contributed by atoms with Crippen LogP contribution in [0.1, 0.15) is 34.7 Å². The zero-order chi connectivity index (χ0) is 19.7. The van der Waals surface area contributed by atoms with Gasteiger partial charge in [-0.1, -0.05) is 36.4 Å². The first-order chi connectivity index (χ1) is 13.5. The van der Waals surface area contributed by atoms with E-state index in [2.05, 4.69) is 32.7 Å². The molecule has 1 aliphatic carbocycles. The van der Waals surface area contributed by atoms with Gasteiger partial charge in [-0.05, 0) is 42.5 Å². The maximum atomic E-state index is 13.0. The molecule has 1 heterocycles. The highest BCUT2D eigenvalue weighted by atomic mass is 19.4. The van der Waals surface area contributed by atoms with Crippen LogP contribution >= 0.6 is 0 Å². The van der Waals surface area contributed by atoms with Gasteiger partial charge in [-0.2, -0.15) is 23.4 Å².